The molecular weight excluding hydrogens is 556 g/mol. The van der Waals surface area contributed by atoms with Crippen LogP contribution < -0.4 is 19.5 Å². The first-order chi connectivity index (χ1) is 20.1. The smallest absolute Gasteiger partial charge is 0.251 e. The van der Waals surface area contributed by atoms with Crippen molar-refractivity contribution in [3.63, 3.8) is 0 Å². The molecule has 0 bridgehead atoms. The molecule has 0 spiro atoms. The van der Waals surface area contributed by atoms with Crippen molar-refractivity contribution in [3.05, 3.63) is 89.1 Å². The normalized spacial score (nSPS) is 11.4. The Balaban J connectivity index is 1.17. The lowest BCUT2D eigenvalue weighted by atomic mass is 10.1. The van der Waals surface area contributed by atoms with Crippen molar-refractivity contribution in [1.29, 1.82) is 0 Å². The van der Waals surface area contributed by atoms with Crippen molar-refractivity contribution >= 4 is 27.3 Å². The number of aryl methyl sites for hydroxylation is 3. The van der Waals surface area contributed by atoms with Crippen LogP contribution in [0.3, 0.4) is 0 Å². The van der Waals surface area contributed by atoms with E-state index in [2.05, 4.69) is 31.3 Å². The number of nitrogens with one attached hydrogen (secondary N) is 3. The topological polar surface area (TPSA) is 140 Å². The molecule has 0 saturated carbocycles. The maximum absolute atomic E-state index is 12.6. The third kappa shape index (κ3) is 6.89. The molecule has 0 radical (unpaired) electrons. The Bertz CT molecular complexity index is 1830. The van der Waals surface area contributed by atoms with E-state index in [9.17, 15) is 13.2 Å². The summed E-state index contributed by atoms with van der Waals surface area (Å²) in [5.41, 5.74) is 5.19. The van der Waals surface area contributed by atoms with Gasteiger partial charge >= 0.3 is 0 Å². The first-order valence-electron chi connectivity index (χ1n) is 13.4. The molecule has 0 unspecified atom stereocenters. The van der Waals surface area contributed by atoms with Crippen LogP contribution in [0.4, 0.5) is 5.69 Å². The van der Waals surface area contributed by atoms with Crippen molar-refractivity contribution in [1.82, 2.24) is 25.1 Å². The van der Waals surface area contributed by atoms with Crippen LogP contribution in [0, 0.1) is 20.8 Å². The van der Waals surface area contributed by atoms with Gasteiger partial charge in [-0.3, -0.25) is 14.6 Å². The van der Waals surface area contributed by atoms with Gasteiger partial charge in [0, 0.05) is 23.4 Å². The fourth-order valence-corrected chi connectivity index (χ4v) is 4.94. The monoisotopic (exact) mass is 588 g/mol. The minimum absolute atomic E-state index is 0.173. The Hall–Kier alpha value is -4.84. The summed E-state index contributed by atoms with van der Waals surface area (Å²) in [5, 5.41) is 10.5. The molecule has 218 valence electrons. The summed E-state index contributed by atoms with van der Waals surface area (Å²) in [6.07, 6.45) is 1.78. The summed E-state index contributed by atoms with van der Waals surface area (Å²) in [5.74, 6) is 2.18. The van der Waals surface area contributed by atoms with Crippen LogP contribution in [0.2, 0.25) is 0 Å². The lowest BCUT2D eigenvalue weighted by molar-refractivity contribution is 0.0951. The van der Waals surface area contributed by atoms with E-state index in [-0.39, 0.29) is 5.91 Å². The third-order valence-electron chi connectivity index (χ3n) is 6.40. The fraction of sp³-hybridized carbons (Fsp3) is 0.233. The number of hydrogen-bond donors (Lipinski definition) is 3. The van der Waals surface area contributed by atoms with Crippen molar-refractivity contribution in [2.45, 2.75) is 27.2 Å². The zero-order valence-corrected chi connectivity index (χ0v) is 24.6. The number of carbonyl (C=O) groups excluding carboxylic acids is 1. The molecule has 0 saturated heterocycles. The van der Waals surface area contributed by atoms with Crippen LogP contribution in [0.15, 0.2) is 66.7 Å². The SMILES string of the molecule is Cc1ccc(OCCCNC(=O)c2ccc(Oc3c(C)[nH]n4nc(-c5ccc(NS(C)(=O)=O)cc5)nc34)cc2)c(C)c1. The summed E-state index contributed by atoms with van der Waals surface area (Å²) in [6.45, 7) is 6.92. The maximum atomic E-state index is 12.6. The van der Waals surface area contributed by atoms with Gasteiger partial charge in [0.25, 0.3) is 5.91 Å². The zero-order valence-electron chi connectivity index (χ0n) is 23.8. The molecule has 0 fully saturated rings. The quantitative estimate of drug-likeness (QED) is 0.184. The van der Waals surface area contributed by atoms with Gasteiger partial charge in [-0.15, -0.1) is 9.73 Å². The minimum Gasteiger partial charge on any atom is -0.493 e. The van der Waals surface area contributed by atoms with Gasteiger partial charge in [-0.2, -0.15) is 0 Å². The molecular formula is C30H32N6O5S. The molecule has 42 heavy (non-hydrogen) atoms. The van der Waals surface area contributed by atoms with Crippen LogP contribution in [-0.4, -0.2) is 53.5 Å². The number of hydrogen-bond acceptors (Lipinski definition) is 7. The molecule has 0 aliphatic carbocycles. The highest BCUT2D eigenvalue weighted by Crippen LogP contribution is 2.30. The van der Waals surface area contributed by atoms with E-state index in [0.29, 0.717) is 59.4 Å². The predicted molar refractivity (Wildman–Crippen MR) is 161 cm³/mol. The molecule has 0 aliphatic heterocycles. The van der Waals surface area contributed by atoms with Crippen LogP contribution in [0.5, 0.6) is 17.2 Å². The standard InChI is InChI=1S/C30H32N6O5S/c1-19-6-15-26(20(2)18-19)40-17-5-16-31-30(37)23-9-13-25(14-10-23)41-27-21(3)33-36-29(27)32-28(34-36)22-7-11-24(12-8-22)35-42(4,38)39/h6-15,18,33,35H,5,16-17H2,1-4H3,(H,31,37). The lowest BCUT2D eigenvalue weighted by Crippen LogP contribution is -2.25. The summed E-state index contributed by atoms with van der Waals surface area (Å²) in [6, 6.07) is 19.7. The highest BCUT2D eigenvalue weighted by Gasteiger charge is 2.17. The molecule has 11 nitrogen and oxygen atoms in total. The van der Waals surface area contributed by atoms with E-state index in [4.69, 9.17) is 9.47 Å². The number of aromatic amines is 1. The van der Waals surface area contributed by atoms with Gasteiger partial charge in [0.1, 0.15) is 11.5 Å². The Kier molecular flexibility index (Phi) is 8.16. The largest absolute Gasteiger partial charge is 0.493 e. The molecule has 2 heterocycles. The van der Waals surface area contributed by atoms with Gasteiger partial charge in [0.2, 0.25) is 15.7 Å². The van der Waals surface area contributed by atoms with E-state index in [1.54, 1.807) is 48.5 Å². The summed E-state index contributed by atoms with van der Waals surface area (Å²) in [7, 11) is -3.37. The predicted octanol–water partition coefficient (Wildman–Crippen LogP) is 5.01. The van der Waals surface area contributed by atoms with Gasteiger partial charge in [0.05, 0.1) is 18.6 Å². The highest BCUT2D eigenvalue weighted by atomic mass is 32.2. The van der Waals surface area contributed by atoms with Crippen LogP contribution in [0.1, 0.15) is 33.6 Å². The van der Waals surface area contributed by atoms with Gasteiger partial charge in [-0.1, -0.05) is 17.7 Å². The van der Waals surface area contributed by atoms with E-state index in [1.807, 2.05) is 32.9 Å². The van der Waals surface area contributed by atoms with Crippen molar-refractivity contribution in [3.8, 4) is 28.6 Å². The van der Waals surface area contributed by atoms with E-state index >= 15 is 0 Å². The van der Waals surface area contributed by atoms with E-state index in [0.717, 1.165) is 23.3 Å². The third-order valence-corrected chi connectivity index (χ3v) is 7.01. The van der Waals surface area contributed by atoms with Crippen molar-refractivity contribution in [2.24, 2.45) is 0 Å². The number of sulfonamides is 1. The van der Waals surface area contributed by atoms with Crippen LogP contribution >= 0.6 is 0 Å². The Labute approximate surface area is 243 Å². The van der Waals surface area contributed by atoms with Crippen LogP contribution in [0.25, 0.3) is 17.0 Å². The maximum Gasteiger partial charge on any atom is 0.251 e. The van der Waals surface area contributed by atoms with Gasteiger partial charge in [-0.25, -0.2) is 13.4 Å². The molecule has 3 N–H and O–H groups in total. The Morgan fingerprint density at radius 3 is 2.43 bits per heavy atom. The molecule has 12 heteroatoms. The number of benzene rings is 3. The molecule has 1 amide bonds. The lowest BCUT2D eigenvalue weighted by Gasteiger charge is -2.10. The molecule has 0 aliphatic rings. The molecule has 0 atom stereocenters. The second-order valence-electron chi connectivity index (χ2n) is 10.0. The van der Waals surface area contributed by atoms with Crippen LogP contribution in [-0.2, 0) is 10.0 Å². The van der Waals surface area contributed by atoms with Crippen molar-refractivity contribution in [2.75, 3.05) is 24.1 Å². The first kappa shape index (κ1) is 28.7. The fourth-order valence-electron chi connectivity index (χ4n) is 4.37. The number of fused-ring (bicyclic) bond motifs is 1. The molecule has 5 rings (SSSR count). The number of carbonyl (C=O) groups is 1. The molecule has 3 aromatic carbocycles. The number of aromatic nitrogens is 4. The van der Waals surface area contributed by atoms with Crippen molar-refractivity contribution < 1.29 is 22.7 Å². The number of rotatable bonds is 11. The second-order valence-corrected chi connectivity index (χ2v) is 11.8. The summed E-state index contributed by atoms with van der Waals surface area (Å²) >= 11 is 0. The molecule has 2 aromatic heterocycles. The Morgan fingerprint density at radius 2 is 1.74 bits per heavy atom. The average Bonchev–Trinajstić information content (AvgIpc) is 3.47. The summed E-state index contributed by atoms with van der Waals surface area (Å²) in [4.78, 5) is 17.2. The first-order valence-corrected chi connectivity index (χ1v) is 15.2. The number of ether oxygens (including phenoxy) is 2. The van der Waals surface area contributed by atoms with Gasteiger partial charge in [0.15, 0.2) is 11.6 Å². The number of anilines is 1. The Morgan fingerprint density at radius 1 is 1.00 bits per heavy atom. The van der Waals surface area contributed by atoms with Gasteiger partial charge < -0.3 is 14.8 Å². The number of nitrogens with zero attached hydrogens (tertiary/aromatic N) is 3. The van der Waals surface area contributed by atoms with E-state index in [1.165, 1.54) is 10.2 Å². The summed E-state index contributed by atoms with van der Waals surface area (Å²) < 4.78 is 38.8. The molecule has 5 aromatic rings. The zero-order chi connectivity index (χ0) is 29.9. The second kappa shape index (κ2) is 12.0. The number of H-pyrrole nitrogens is 1. The van der Waals surface area contributed by atoms with E-state index < -0.39 is 10.0 Å². The average molecular weight is 589 g/mol. The highest BCUT2D eigenvalue weighted by molar-refractivity contribution is 7.92. The minimum atomic E-state index is -3.37. The van der Waals surface area contributed by atoms with Gasteiger partial charge in [-0.05, 0) is 87.4 Å². The number of amides is 1.